The van der Waals surface area contributed by atoms with E-state index in [1.54, 1.807) is 0 Å². The molecule has 4 nitrogen and oxygen atoms in total. The van der Waals surface area contributed by atoms with Crippen LogP contribution in [0.25, 0.3) is 0 Å². The maximum absolute atomic E-state index is 8.94. The van der Waals surface area contributed by atoms with Gasteiger partial charge in [-0.2, -0.15) is 0 Å². The molecule has 2 unspecified atom stereocenters. The van der Waals surface area contributed by atoms with Gasteiger partial charge in [0.05, 0.1) is 6.61 Å². The van der Waals surface area contributed by atoms with Gasteiger partial charge < -0.3 is 19.9 Å². The zero-order valence-corrected chi connectivity index (χ0v) is 12.6. The highest BCUT2D eigenvalue weighted by molar-refractivity contribution is 5.48. The minimum atomic E-state index is 0.206. The molecule has 0 saturated carbocycles. The maximum atomic E-state index is 8.94. The second kappa shape index (κ2) is 6.95. The third-order valence-electron chi connectivity index (χ3n) is 3.58. The summed E-state index contributed by atoms with van der Waals surface area (Å²) in [6, 6.07) is 4.47. The third-order valence-corrected chi connectivity index (χ3v) is 3.58. The molecule has 0 amide bonds. The molecule has 20 heavy (non-hydrogen) atoms. The minimum Gasteiger partial charge on any atom is -0.494 e. The van der Waals surface area contributed by atoms with Crippen LogP contribution in [0, 0.1) is 0 Å². The molecule has 2 N–H and O–H groups in total. The van der Waals surface area contributed by atoms with Crippen LogP contribution in [0.15, 0.2) is 12.1 Å². The van der Waals surface area contributed by atoms with E-state index in [9.17, 15) is 0 Å². The van der Waals surface area contributed by atoms with Crippen molar-refractivity contribution in [3.8, 4) is 11.5 Å². The molecule has 1 aromatic rings. The summed E-state index contributed by atoms with van der Waals surface area (Å²) < 4.78 is 11.6. The highest BCUT2D eigenvalue weighted by atomic mass is 16.5. The first-order valence-electron chi connectivity index (χ1n) is 7.43. The van der Waals surface area contributed by atoms with E-state index in [0.717, 1.165) is 36.4 Å². The molecule has 1 aliphatic rings. The molecule has 2 atom stereocenters. The maximum Gasteiger partial charge on any atom is 0.124 e. The highest BCUT2D eigenvalue weighted by Crippen LogP contribution is 2.35. The van der Waals surface area contributed by atoms with Crippen molar-refractivity contribution in [1.29, 1.82) is 0 Å². The van der Waals surface area contributed by atoms with Gasteiger partial charge in [-0.15, -0.1) is 0 Å². The molecule has 0 aromatic heterocycles. The normalized spacial score (nSPS) is 18.5. The first kappa shape index (κ1) is 15.1. The first-order chi connectivity index (χ1) is 9.63. The van der Waals surface area contributed by atoms with E-state index < -0.39 is 0 Å². The van der Waals surface area contributed by atoms with Crippen LogP contribution in [0.5, 0.6) is 11.5 Å². The van der Waals surface area contributed by atoms with Gasteiger partial charge in [0.1, 0.15) is 17.6 Å². The summed E-state index contributed by atoms with van der Waals surface area (Å²) in [5.74, 6) is 1.92. The Morgan fingerprint density at radius 2 is 2.30 bits per heavy atom. The molecule has 0 saturated heterocycles. The molecule has 112 valence electrons. The molecule has 4 heteroatoms. The van der Waals surface area contributed by atoms with Gasteiger partial charge >= 0.3 is 0 Å². The van der Waals surface area contributed by atoms with Crippen molar-refractivity contribution in [3.05, 3.63) is 23.3 Å². The standard InChI is InChI=1S/C16H25NO3/c1-4-19-15-8-13-7-12(3)20-16(13)9-14(15)10-17-11(2)5-6-18/h8-9,11-12,17-18H,4-7,10H2,1-3H3. The minimum absolute atomic E-state index is 0.206. The van der Waals surface area contributed by atoms with Crippen molar-refractivity contribution in [3.63, 3.8) is 0 Å². The second-order valence-electron chi connectivity index (χ2n) is 5.43. The Labute approximate surface area is 121 Å². The SMILES string of the molecule is CCOc1cc2c(cc1CNC(C)CCO)OC(C)C2. The fourth-order valence-corrected chi connectivity index (χ4v) is 2.49. The van der Waals surface area contributed by atoms with Crippen molar-refractivity contribution in [2.75, 3.05) is 13.2 Å². The number of fused-ring (bicyclic) bond motifs is 1. The van der Waals surface area contributed by atoms with E-state index in [1.165, 1.54) is 5.56 Å². The Morgan fingerprint density at radius 1 is 1.50 bits per heavy atom. The van der Waals surface area contributed by atoms with Crippen molar-refractivity contribution >= 4 is 0 Å². The van der Waals surface area contributed by atoms with Crippen molar-refractivity contribution in [2.24, 2.45) is 0 Å². The van der Waals surface area contributed by atoms with Crippen LogP contribution < -0.4 is 14.8 Å². The quantitative estimate of drug-likeness (QED) is 0.804. The lowest BCUT2D eigenvalue weighted by Crippen LogP contribution is -2.26. The number of ether oxygens (including phenoxy) is 2. The molecule has 0 bridgehead atoms. The summed E-state index contributed by atoms with van der Waals surface area (Å²) in [6.45, 7) is 7.75. The fraction of sp³-hybridized carbons (Fsp3) is 0.625. The van der Waals surface area contributed by atoms with Crippen LogP contribution in [0.1, 0.15) is 38.3 Å². The molecule has 0 aliphatic carbocycles. The summed E-state index contributed by atoms with van der Waals surface area (Å²) in [4.78, 5) is 0. The van der Waals surface area contributed by atoms with E-state index in [0.29, 0.717) is 6.61 Å². The smallest absolute Gasteiger partial charge is 0.124 e. The Bertz CT molecular complexity index is 448. The van der Waals surface area contributed by atoms with Crippen molar-refractivity contribution in [2.45, 2.75) is 52.3 Å². The van der Waals surface area contributed by atoms with E-state index in [4.69, 9.17) is 14.6 Å². The average molecular weight is 279 g/mol. The van der Waals surface area contributed by atoms with Gasteiger partial charge in [0, 0.05) is 36.7 Å². The predicted octanol–water partition coefficient (Wildman–Crippen LogP) is 2.27. The lowest BCUT2D eigenvalue weighted by atomic mass is 10.1. The van der Waals surface area contributed by atoms with Gasteiger partial charge in [0.2, 0.25) is 0 Å². The number of hydrogen-bond donors (Lipinski definition) is 2. The summed E-state index contributed by atoms with van der Waals surface area (Å²) in [6.07, 6.45) is 1.95. The zero-order valence-electron chi connectivity index (χ0n) is 12.6. The molecule has 0 spiro atoms. The molecule has 1 aromatic carbocycles. The number of nitrogens with one attached hydrogen (secondary N) is 1. The molecule has 1 aliphatic heterocycles. The van der Waals surface area contributed by atoms with E-state index in [2.05, 4.69) is 31.3 Å². The number of hydrogen-bond acceptors (Lipinski definition) is 4. The molecular weight excluding hydrogens is 254 g/mol. The highest BCUT2D eigenvalue weighted by Gasteiger charge is 2.21. The van der Waals surface area contributed by atoms with Gasteiger partial charge in [0.25, 0.3) is 0 Å². The van der Waals surface area contributed by atoms with E-state index in [1.807, 2.05) is 6.92 Å². The molecule has 2 rings (SSSR count). The van der Waals surface area contributed by atoms with Crippen LogP contribution in [0.4, 0.5) is 0 Å². The first-order valence-corrected chi connectivity index (χ1v) is 7.43. The van der Waals surface area contributed by atoms with Crippen LogP contribution in [0.2, 0.25) is 0 Å². The Balaban J connectivity index is 2.12. The van der Waals surface area contributed by atoms with Crippen LogP contribution in [-0.2, 0) is 13.0 Å². The summed E-state index contributed by atoms with van der Waals surface area (Å²) in [7, 11) is 0. The van der Waals surface area contributed by atoms with Crippen molar-refractivity contribution in [1.82, 2.24) is 5.32 Å². The van der Waals surface area contributed by atoms with Gasteiger partial charge in [-0.3, -0.25) is 0 Å². The lowest BCUT2D eigenvalue weighted by Gasteiger charge is -2.16. The average Bonchev–Trinajstić information content (AvgIpc) is 2.76. The summed E-state index contributed by atoms with van der Waals surface area (Å²) in [5.41, 5.74) is 2.34. The van der Waals surface area contributed by atoms with Gasteiger partial charge in [-0.1, -0.05) is 0 Å². The largest absolute Gasteiger partial charge is 0.494 e. The monoisotopic (exact) mass is 279 g/mol. The zero-order chi connectivity index (χ0) is 14.5. The van der Waals surface area contributed by atoms with E-state index >= 15 is 0 Å². The van der Waals surface area contributed by atoms with Crippen LogP contribution >= 0.6 is 0 Å². The predicted molar refractivity (Wildman–Crippen MR) is 79.4 cm³/mol. The van der Waals surface area contributed by atoms with Crippen LogP contribution in [0.3, 0.4) is 0 Å². The fourth-order valence-electron chi connectivity index (χ4n) is 2.49. The number of benzene rings is 1. The Morgan fingerprint density at radius 3 is 3.00 bits per heavy atom. The summed E-state index contributed by atoms with van der Waals surface area (Å²) in [5, 5.41) is 12.3. The molecular formula is C16H25NO3. The molecule has 0 fully saturated rings. The lowest BCUT2D eigenvalue weighted by molar-refractivity contribution is 0.254. The third kappa shape index (κ3) is 3.64. The Hall–Kier alpha value is -1.26. The molecule has 1 heterocycles. The number of rotatable bonds is 7. The van der Waals surface area contributed by atoms with Crippen LogP contribution in [-0.4, -0.2) is 30.5 Å². The number of aliphatic hydroxyl groups excluding tert-OH is 1. The molecule has 0 radical (unpaired) electrons. The summed E-state index contributed by atoms with van der Waals surface area (Å²) >= 11 is 0. The van der Waals surface area contributed by atoms with Gasteiger partial charge in [-0.05, 0) is 39.3 Å². The van der Waals surface area contributed by atoms with E-state index in [-0.39, 0.29) is 18.8 Å². The number of aliphatic hydroxyl groups is 1. The van der Waals surface area contributed by atoms with Gasteiger partial charge in [-0.25, -0.2) is 0 Å². The second-order valence-corrected chi connectivity index (χ2v) is 5.43. The Kier molecular flexibility index (Phi) is 5.26. The van der Waals surface area contributed by atoms with Gasteiger partial charge in [0.15, 0.2) is 0 Å². The topological polar surface area (TPSA) is 50.7 Å². The van der Waals surface area contributed by atoms with Crippen molar-refractivity contribution < 1.29 is 14.6 Å².